The van der Waals surface area contributed by atoms with Crippen LogP contribution >= 0.6 is 11.5 Å². The molecule has 0 fully saturated rings. The zero-order valence-electron chi connectivity index (χ0n) is 7.37. The molecular weight excluding hydrogens is 210 g/mol. The number of hydrogen-bond acceptors (Lipinski definition) is 5. The van der Waals surface area contributed by atoms with E-state index in [4.69, 9.17) is 11.0 Å². The fourth-order valence-corrected chi connectivity index (χ4v) is 1.68. The lowest BCUT2D eigenvalue weighted by Gasteiger charge is -2.15. The van der Waals surface area contributed by atoms with E-state index in [1.807, 2.05) is 6.07 Å². The lowest BCUT2D eigenvalue weighted by atomic mass is 10.3. The molecule has 4 nitrogen and oxygen atoms in total. The maximum atomic E-state index is 12.0. The van der Waals surface area contributed by atoms with Crippen LogP contribution in [0.5, 0.6) is 0 Å². The zero-order valence-corrected chi connectivity index (χ0v) is 8.18. The van der Waals surface area contributed by atoms with Gasteiger partial charge in [0.05, 0.1) is 6.54 Å². The Balaban J connectivity index is 2.90. The van der Waals surface area contributed by atoms with E-state index < -0.39 is 13.0 Å². The van der Waals surface area contributed by atoms with Crippen LogP contribution in [0.3, 0.4) is 0 Å². The second-order valence-corrected chi connectivity index (χ2v) is 3.38. The van der Waals surface area contributed by atoms with Crippen LogP contribution in [-0.4, -0.2) is 24.4 Å². The van der Waals surface area contributed by atoms with Crippen molar-refractivity contribution in [3.05, 3.63) is 5.56 Å². The fourth-order valence-electron chi connectivity index (χ4n) is 0.949. The summed E-state index contributed by atoms with van der Waals surface area (Å²) in [5.41, 5.74) is 5.55. The molecule has 0 saturated carbocycles. The molecule has 0 radical (unpaired) electrons. The summed E-state index contributed by atoms with van der Waals surface area (Å²) < 4.78 is 27.8. The first-order valence-electron chi connectivity index (χ1n) is 3.70. The summed E-state index contributed by atoms with van der Waals surface area (Å²) in [5.74, 6) is 0.0913. The summed E-state index contributed by atoms with van der Waals surface area (Å²) in [4.78, 5) is 1.28. The van der Waals surface area contributed by atoms with E-state index in [1.165, 1.54) is 11.9 Å². The number of nitrogens with two attached hydrogens (primary N) is 1. The van der Waals surface area contributed by atoms with Crippen molar-refractivity contribution in [3.8, 4) is 6.07 Å². The second-order valence-electron chi connectivity index (χ2n) is 2.63. The molecular formula is C7H8F2N4S. The van der Waals surface area contributed by atoms with Crippen molar-refractivity contribution < 1.29 is 8.78 Å². The van der Waals surface area contributed by atoms with Crippen molar-refractivity contribution in [2.24, 2.45) is 0 Å². The van der Waals surface area contributed by atoms with Gasteiger partial charge in [-0.1, -0.05) is 0 Å². The fraction of sp³-hybridized carbons (Fsp3) is 0.429. The second kappa shape index (κ2) is 4.19. The Morgan fingerprint density at radius 2 is 2.36 bits per heavy atom. The molecule has 0 aromatic carbocycles. The van der Waals surface area contributed by atoms with Gasteiger partial charge in [-0.3, -0.25) is 0 Å². The predicted molar refractivity (Wildman–Crippen MR) is 50.5 cm³/mol. The summed E-state index contributed by atoms with van der Waals surface area (Å²) in [5, 5.41) is 9.07. The predicted octanol–water partition coefficient (Wildman–Crippen LogP) is 1.30. The normalized spacial score (nSPS) is 10.2. The summed E-state index contributed by atoms with van der Waals surface area (Å²) in [6.07, 6.45) is -2.45. The molecule has 2 N–H and O–H groups in total. The molecule has 7 heteroatoms. The third-order valence-electron chi connectivity index (χ3n) is 1.57. The van der Waals surface area contributed by atoms with Crippen molar-refractivity contribution in [1.82, 2.24) is 4.37 Å². The van der Waals surface area contributed by atoms with Gasteiger partial charge < -0.3 is 10.6 Å². The van der Waals surface area contributed by atoms with Crippen molar-refractivity contribution in [3.63, 3.8) is 0 Å². The van der Waals surface area contributed by atoms with Gasteiger partial charge in [0.1, 0.15) is 16.6 Å². The molecule has 76 valence electrons. The Labute approximate surface area is 83.7 Å². The number of nitriles is 1. The van der Waals surface area contributed by atoms with E-state index in [-0.39, 0.29) is 11.4 Å². The van der Waals surface area contributed by atoms with Crippen LogP contribution in [0.1, 0.15) is 5.56 Å². The van der Waals surface area contributed by atoms with Gasteiger partial charge in [-0.2, -0.15) is 9.64 Å². The van der Waals surface area contributed by atoms with Gasteiger partial charge in [-0.05, 0) is 11.5 Å². The molecule has 0 aliphatic rings. The van der Waals surface area contributed by atoms with Crippen LogP contribution in [0.2, 0.25) is 0 Å². The van der Waals surface area contributed by atoms with Crippen molar-refractivity contribution in [2.45, 2.75) is 6.43 Å². The number of aromatic nitrogens is 1. The molecule has 1 rings (SSSR count). The highest BCUT2D eigenvalue weighted by molar-refractivity contribution is 7.10. The Morgan fingerprint density at radius 3 is 2.86 bits per heavy atom. The highest BCUT2D eigenvalue weighted by Gasteiger charge is 2.17. The van der Waals surface area contributed by atoms with Gasteiger partial charge in [0.15, 0.2) is 5.82 Å². The van der Waals surface area contributed by atoms with Gasteiger partial charge in [-0.25, -0.2) is 8.78 Å². The number of nitrogen functional groups attached to an aromatic ring is 1. The average molecular weight is 218 g/mol. The Bertz CT molecular complexity index is 357. The summed E-state index contributed by atoms with van der Waals surface area (Å²) in [6, 6.07) is 1.83. The first kappa shape index (κ1) is 10.7. The first-order chi connectivity index (χ1) is 6.56. The van der Waals surface area contributed by atoms with E-state index in [0.29, 0.717) is 5.00 Å². The standard InChI is InChI=1S/C7H8F2N4S/c1-13(3-5(8)9)7-4(2-10)6(11)12-14-7/h5H,3H2,1H3,(H2,11,12). The van der Waals surface area contributed by atoms with Crippen molar-refractivity contribution >= 4 is 22.4 Å². The Kier molecular flexibility index (Phi) is 3.19. The van der Waals surface area contributed by atoms with E-state index in [9.17, 15) is 8.78 Å². The molecule has 1 heterocycles. The summed E-state index contributed by atoms with van der Waals surface area (Å²) >= 11 is 0.946. The van der Waals surface area contributed by atoms with Crippen LogP contribution in [0.15, 0.2) is 0 Å². The Hall–Kier alpha value is -1.42. The van der Waals surface area contributed by atoms with Crippen LogP contribution in [0.4, 0.5) is 19.6 Å². The Morgan fingerprint density at radius 1 is 1.71 bits per heavy atom. The lowest BCUT2D eigenvalue weighted by molar-refractivity contribution is 0.156. The number of hydrogen-bond donors (Lipinski definition) is 1. The molecule has 0 atom stereocenters. The number of halogens is 2. The smallest absolute Gasteiger partial charge is 0.255 e. The SMILES string of the molecule is CN(CC(F)F)c1snc(N)c1C#N. The minimum Gasteiger partial charge on any atom is -0.382 e. The van der Waals surface area contributed by atoms with Crippen LogP contribution in [0, 0.1) is 11.3 Å². The van der Waals surface area contributed by atoms with E-state index >= 15 is 0 Å². The molecule has 1 aromatic heterocycles. The van der Waals surface area contributed by atoms with Gasteiger partial charge in [0.25, 0.3) is 6.43 Å². The largest absolute Gasteiger partial charge is 0.382 e. The number of anilines is 2. The molecule has 0 spiro atoms. The van der Waals surface area contributed by atoms with Crippen LogP contribution < -0.4 is 10.6 Å². The quantitative estimate of drug-likeness (QED) is 0.830. The number of rotatable bonds is 3. The average Bonchev–Trinajstić information content (AvgIpc) is 2.45. The molecule has 0 unspecified atom stereocenters. The maximum absolute atomic E-state index is 12.0. The van der Waals surface area contributed by atoms with Crippen molar-refractivity contribution in [2.75, 3.05) is 24.2 Å². The third-order valence-corrected chi connectivity index (χ3v) is 2.55. The van der Waals surface area contributed by atoms with Crippen LogP contribution in [-0.2, 0) is 0 Å². The molecule has 0 aliphatic heterocycles. The maximum Gasteiger partial charge on any atom is 0.255 e. The number of alkyl halides is 2. The van der Waals surface area contributed by atoms with Crippen molar-refractivity contribution in [1.29, 1.82) is 5.26 Å². The molecule has 0 aliphatic carbocycles. The minimum absolute atomic E-state index is 0.0913. The van der Waals surface area contributed by atoms with E-state index in [0.717, 1.165) is 11.5 Å². The lowest BCUT2D eigenvalue weighted by Crippen LogP contribution is -2.23. The van der Waals surface area contributed by atoms with E-state index in [1.54, 1.807) is 0 Å². The molecule has 1 aromatic rings. The highest BCUT2D eigenvalue weighted by atomic mass is 32.1. The monoisotopic (exact) mass is 218 g/mol. The third kappa shape index (κ3) is 2.09. The topological polar surface area (TPSA) is 65.9 Å². The van der Waals surface area contributed by atoms with Crippen LogP contribution in [0.25, 0.3) is 0 Å². The zero-order chi connectivity index (χ0) is 10.7. The van der Waals surface area contributed by atoms with Gasteiger partial charge >= 0.3 is 0 Å². The highest BCUT2D eigenvalue weighted by Crippen LogP contribution is 2.28. The molecule has 0 bridgehead atoms. The van der Waals surface area contributed by atoms with Gasteiger partial charge in [0, 0.05) is 7.05 Å². The van der Waals surface area contributed by atoms with E-state index in [2.05, 4.69) is 4.37 Å². The summed E-state index contributed by atoms with van der Waals surface area (Å²) in [7, 11) is 1.47. The summed E-state index contributed by atoms with van der Waals surface area (Å²) in [6.45, 7) is -0.434. The molecule has 0 saturated heterocycles. The van der Waals surface area contributed by atoms with Gasteiger partial charge in [-0.15, -0.1) is 0 Å². The number of nitrogens with zero attached hydrogens (tertiary/aromatic N) is 3. The minimum atomic E-state index is -2.45. The van der Waals surface area contributed by atoms with Gasteiger partial charge in [0.2, 0.25) is 0 Å². The molecule has 0 amide bonds. The molecule has 14 heavy (non-hydrogen) atoms. The first-order valence-corrected chi connectivity index (χ1v) is 4.48.